The maximum Gasteiger partial charge on any atom is 0.265 e. The lowest BCUT2D eigenvalue weighted by atomic mass is 10.1. The molecule has 6 nitrogen and oxygen atoms in total. The lowest BCUT2D eigenvalue weighted by Crippen LogP contribution is -2.46. The van der Waals surface area contributed by atoms with Gasteiger partial charge in [-0.25, -0.2) is 0 Å². The fourth-order valence-electron chi connectivity index (χ4n) is 2.60. The van der Waals surface area contributed by atoms with E-state index in [2.05, 4.69) is 11.4 Å². The normalized spacial score (nSPS) is 22.2. The van der Waals surface area contributed by atoms with E-state index in [1.165, 1.54) is 16.2 Å². The first-order valence-corrected chi connectivity index (χ1v) is 7.15. The Kier molecular flexibility index (Phi) is 3.03. The van der Waals surface area contributed by atoms with E-state index in [9.17, 15) is 14.4 Å². The van der Waals surface area contributed by atoms with Crippen LogP contribution in [0.1, 0.15) is 40.1 Å². The number of nitriles is 1. The number of fused-ring (bicyclic) bond motifs is 1. The van der Waals surface area contributed by atoms with Gasteiger partial charge in [0, 0.05) is 23.9 Å². The van der Waals surface area contributed by atoms with E-state index in [-0.39, 0.29) is 18.4 Å². The number of thiophene rings is 1. The largest absolute Gasteiger partial charge is 0.321 e. The zero-order valence-electron chi connectivity index (χ0n) is 10.5. The van der Waals surface area contributed by atoms with Crippen molar-refractivity contribution in [2.45, 2.75) is 31.8 Å². The zero-order valence-corrected chi connectivity index (χ0v) is 11.3. The number of carbonyl (C=O) groups is 3. The third-order valence-electron chi connectivity index (χ3n) is 3.62. The number of imide groups is 1. The number of hydrogen-bond donors (Lipinski definition) is 1. The average molecular weight is 289 g/mol. The molecule has 3 heterocycles. The lowest BCUT2D eigenvalue weighted by Gasteiger charge is -2.24. The van der Waals surface area contributed by atoms with Crippen LogP contribution in [0.5, 0.6) is 0 Å². The van der Waals surface area contributed by atoms with Gasteiger partial charge in [-0.05, 0) is 12.8 Å². The number of nitrogens with zero attached hydrogens (tertiary/aromatic N) is 2. The summed E-state index contributed by atoms with van der Waals surface area (Å²) in [7, 11) is 0. The molecule has 3 rings (SSSR count). The second-order valence-corrected chi connectivity index (χ2v) is 5.70. The van der Waals surface area contributed by atoms with Crippen molar-refractivity contribution in [2.24, 2.45) is 0 Å². The van der Waals surface area contributed by atoms with E-state index >= 15 is 0 Å². The topological polar surface area (TPSA) is 90.3 Å². The van der Waals surface area contributed by atoms with Gasteiger partial charge in [0.2, 0.25) is 11.8 Å². The monoisotopic (exact) mass is 289 g/mol. The molecule has 3 amide bonds. The standard InChI is InChI=1S/C13H11N3O3S/c14-4-7-6-20-11-8(7)5-16(13(11)19)9-2-1-3-10(17)15-12(9)18/h6,9H,1-3,5H2,(H,15,17,18). The summed E-state index contributed by atoms with van der Waals surface area (Å²) >= 11 is 1.23. The summed E-state index contributed by atoms with van der Waals surface area (Å²) in [4.78, 5) is 37.7. The van der Waals surface area contributed by atoms with E-state index in [1.807, 2.05) is 0 Å². The van der Waals surface area contributed by atoms with Crippen LogP contribution in [0, 0.1) is 11.3 Å². The summed E-state index contributed by atoms with van der Waals surface area (Å²) in [6, 6.07) is 1.43. The number of carbonyl (C=O) groups excluding carboxylic acids is 3. The van der Waals surface area contributed by atoms with Gasteiger partial charge in [0.05, 0.1) is 10.4 Å². The maximum atomic E-state index is 12.3. The van der Waals surface area contributed by atoms with Gasteiger partial charge < -0.3 is 4.90 Å². The molecule has 2 aliphatic rings. The molecule has 1 N–H and O–H groups in total. The van der Waals surface area contributed by atoms with Crippen molar-refractivity contribution >= 4 is 29.1 Å². The minimum atomic E-state index is -0.625. The molecule has 1 fully saturated rings. The smallest absolute Gasteiger partial charge is 0.265 e. The van der Waals surface area contributed by atoms with Crippen LogP contribution in [-0.4, -0.2) is 28.7 Å². The number of rotatable bonds is 1. The van der Waals surface area contributed by atoms with E-state index in [0.717, 1.165) is 0 Å². The highest BCUT2D eigenvalue weighted by molar-refractivity contribution is 7.12. The van der Waals surface area contributed by atoms with Crippen molar-refractivity contribution in [3.63, 3.8) is 0 Å². The molecule has 1 aromatic rings. The van der Waals surface area contributed by atoms with Crippen LogP contribution in [0.2, 0.25) is 0 Å². The predicted molar refractivity (Wildman–Crippen MR) is 69.7 cm³/mol. The van der Waals surface area contributed by atoms with Crippen molar-refractivity contribution < 1.29 is 14.4 Å². The quantitative estimate of drug-likeness (QED) is 0.773. The molecule has 102 valence electrons. The molecule has 0 bridgehead atoms. The van der Waals surface area contributed by atoms with Gasteiger partial charge in [-0.2, -0.15) is 5.26 Å². The third kappa shape index (κ3) is 1.89. The highest BCUT2D eigenvalue weighted by Gasteiger charge is 2.39. The van der Waals surface area contributed by atoms with Gasteiger partial charge in [0.25, 0.3) is 5.91 Å². The number of amides is 3. The highest BCUT2D eigenvalue weighted by Crippen LogP contribution is 2.33. The highest BCUT2D eigenvalue weighted by atomic mass is 32.1. The molecule has 1 aromatic heterocycles. The van der Waals surface area contributed by atoms with Gasteiger partial charge in [-0.1, -0.05) is 0 Å². The molecule has 0 saturated carbocycles. The molecule has 1 saturated heterocycles. The Hall–Kier alpha value is -2.20. The van der Waals surface area contributed by atoms with Crippen molar-refractivity contribution in [1.29, 1.82) is 5.26 Å². The van der Waals surface area contributed by atoms with Gasteiger partial charge in [-0.15, -0.1) is 11.3 Å². The summed E-state index contributed by atoms with van der Waals surface area (Å²) < 4.78 is 0. The SMILES string of the molecule is N#Cc1csc2c1CN(C1CCCC(=O)NC1=O)C2=O. The van der Waals surface area contributed by atoms with E-state index in [0.29, 0.717) is 35.3 Å². The first-order valence-electron chi connectivity index (χ1n) is 6.27. The third-order valence-corrected chi connectivity index (χ3v) is 4.63. The fourth-order valence-corrected chi connectivity index (χ4v) is 3.57. The lowest BCUT2D eigenvalue weighted by molar-refractivity contribution is -0.132. The summed E-state index contributed by atoms with van der Waals surface area (Å²) in [6.07, 6.45) is 1.35. The Morgan fingerprint density at radius 2 is 2.20 bits per heavy atom. The predicted octanol–water partition coefficient (Wildman–Crippen LogP) is 0.771. The Labute approximate surface area is 119 Å². The number of hydrogen-bond acceptors (Lipinski definition) is 5. The van der Waals surface area contributed by atoms with E-state index in [4.69, 9.17) is 5.26 Å². The van der Waals surface area contributed by atoms with Crippen LogP contribution >= 0.6 is 11.3 Å². The summed E-state index contributed by atoms with van der Waals surface area (Å²) in [5.41, 5.74) is 1.19. The minimum Gasteiger partial charge on any atom is -0.321 e. The van der Waals surface area contributed by atoms with Crippen LogP contribution in [0.3, 0.4) is 0 Å². The minimum absolute atomic E-state index is 0.221. The van der Waals surface area contributed by atoms with E-state index in [1.54, 1.807) is 5.38 Å². The van der Waals surface area contributed by atoms with Gasteiger partial charge >= 0.3 is 0 Å². The van der Waals surface area contributed by atoms with Crippen LogP contribution < -0.4 is 5.32 Å². The molecule has 20 heavy (non-hydrogen) atoms. The second-order valence-electron chi connectivity index (χ2n) is 4.82. The maximum absolute atomic E-state index is 12.3. The van der Waals surface area contributed by atoms with Gasteiger partial charge in [0.15, 0.2) is 0 Å². The molecule has 2 aliphatic heterocycles. The van der Waals surface area contributed by atoms with Crippen molar-refractivity contribution in [1.82, 2.24) is 10.2 Å². The van der Waals surface area contributed by atoms with Crippen molar-refractivity contribution in [3.8, 4) is 6.07 Å². The Bertz CT molecular complexity index is 658. The Balaban J connectivity index is 1.88. The summed E-state index contributed by atoms with van der Waals surface area (Å²) in [5, 5.41) is 13.0. The molecule has 0 aliphatic carbocycles. The molecular formula is C13H11N3O3S. The van der Waals surface area contributed by atoms with Crippen LogP contribution in [0.4, 0.5) is 0 Å². The molecule has 1 unspecified atom stereocenters. The van der Waals surface area contributed by atoms with Crippen molar-refractivity contribution in [3.05, 3.63) is 21.4 Å². The Morgan fingerprint density at radius 3 is 2.95 bits per heavy atom. The van der Waals surface area contributed by atoms with Crippen LogP contribution in [0.15, 0.2) is 5.38 Å². The van der Waals surface area contributed by atoms with E-state index < -0.39 is 11.9 Å². The molecule has 0 spiro atoms. The first-order chi connectivity index (χ1) is 9.61. The fraction of sp³-hybridized carbons (Fsp3) is 0.385. The van der Waals surface area contributed by atoms with Gasteiger partial charge in [0.1, 0.15) is 12.1 Å². The molecular weight excluding hydrogens is 278 g/mol. The molecule has 0 radical (unpaired) electrons. The zero-order chi connectivity index (χ0) is 14.3. The summed E-state index contributed by atoms with van der Waals surface area (Å²) in [6.45, 7) is 0.271. The van der Waals surface area contributed by atoms with Crippen LogP contribution in [-0.2, 0) is 16.1 Å². The molecule has 0 aromatic carbocycles. The number of nitrogens with one attached hydrogen (secondary N) is 1. The van der Waals surface area contributed by atoms with Crippen molar-refractivity contribution in [2.75, 3.05) is 0 Å². The first kappa shape index (κ1) is 12.8. The molecule has 7 heteroatoms. The second kappa shape index (κ2) is 4.72. The molecule has 1 atom stereocenters. The van der Waals surface area contributed by atoms with Gasteiger partial charge in [-0.3, -0.25) is 19.7 Å². The van der Waals surface area contributed by atoms with Crippen LogP contribution in [0.25, 0.3) is 0 Å². The average Bonchev–Trinajstić information content (AvgIpc) is 2.90. The summed E-state index contributed by atoms with van der Waals surface area (Å²) in [5.74, 6) is -0.938. The Morgan fingerprint density at radius 1 is 1.40 bits per heavy atom.